The van der Waals surface area contributed by atoms with Crippen LogP contribution in [0.5, 0.6) is 0 Å². The zero-order valence-corrected chi connectivity index (χ0v) is 22.7. The van der Waals surface area contributed by atoms with Crippen LogP contribution in [0.1, 0.15) is 46.0 Å². The Morgan fingerprint density at radius 2 is 1.73 bits per heavy atom. The van der Waals surface area contributed by atoms with Crippen LogP contribution in [0.25, 0.3) is 16.9 Å². The second-order valence-corrected chi connectivity index (χ2v) is 9.89. The van der Waals surface area contributed by atoms with Crippen molar-refractivity contribution in [3.63, 3.8) is 0 Å². The molecule has 13 heteroatoms. The highest BCUT2D eigenvalue weighted by atomic mass is 35.5. The number of aromatic nitrogens is 4. The molecular formula is C28H20Cl2F3N5O3. The lowest BCUT2D eigenvalue weighted by Crippen LogP contribution is -2.28. The SMILES string of the molecule is C[C@@H](NC(=O)c1nn(-c2ccccc2Cl)c(-c2ccc(Cl)cc2)c1Cc1n[nH]c(=O)o1)c1ccc(C(F)(F)F)cc1. The van der Waals surface area contributed by atoms with Gasteiger partial charge in [-0.1, -0.05) is 59.6 Å². The van der Waals surface area contributed by atoms with E-state index in [9.17, 15) is 22.8 Å². The van der Waals surface area contributed by atoms with E-state index in [1.807, 2.05) is 0 Å². The number of H-pyrrole nitrogens is 1. The van der Waals surface area contributed by atoms with Gasteiger partial charge in [0.2, 0.25) is 5.89 Å². The molecule has 3 aromatic carbocycles. The van der Waals surface area contributed by atoms with Crippen LogP contribution in [0.2, 0.25) is 10.0 Å². The third-order valence-electron chi connectivity index (χ3n) is 6.29. The Bertz CT molecular complexity index is 1760. The first kappa shape index (κ1) is 28.2. The largest absolute Gasteiger partial charge is 0.434 e. The van der Waals surface area contributed by atoms with E-state index in [4.69, 9.17) is 27.6 Å². The van der Waals surface area contributed by atoms with Gasteiger partial charge in [-0.3, -0.25) is 4.79 Å². The Balaban J connectivity index is 1.62. The number of rotatable bonds is 7. The highest BCUT2D eigenvalue weighted by Gasteiger charge is 2.31. The second-order valence-electron chi connectivity index (χ2n) is 9.04. The predicted molar refractivity (Wildman–Crippen MR) is 146 cm³/mol. The first-order valence-electron chi connectivity index (χ1n) is 12.2. The molecular weight excluding hydrogens is 582 g/mol. The van der Waals surface area contributed by atoms with Gasteiger partial charge in [0, 0.05) is 16.1 Å². The number of hydrogen-bond donors (Lipinski definition) is 2. The van der Waals surface area contributed by atoms with Crippen LogP contribution >= 0.6 is 23.2 Å². The van der Waals surface area contributed by atoms with Crippen molar-refractivity contribution in [2.75, 3.05) is 0 Å². The fourth-order valence-electron chi connectivity index (χ4n) is 4.30. The van der Waals surface area contributed by atoms with E-state index in [1.165, 1.54) is 16.8 Å². The van der Waals surface area contributed by atoms with Gasteiger partial charge in [-0.2, -0.15) is 18.3 Å². The standard InChI is InChI=1S/C28H20Cl2F3N5O3/c1-15(16-6-10-18(11-7-16)28(31,32)33)34-26(39)24-20(14-23-35-36-27(40)41-23)25(17-8-12-19(29)13-9-17)38(37-24)22-5-3-2-4-21(22)30/h2-13,15H,14H2,1H3,(H,34,39)(H,36,40)/t15-/m1/s1. The molecule has 1 atom stereocenters. The number of carbonyl (C=O) groups is 1. The van der Waals surface area contributed by atoms with Crippen molar-refractivity contribution in [2.45, 2.75) is 25.6 Å². The molecule has 0 saturated carbocycles. The first-order valence-corrected chi connectivity index (χ1v) is 12.9. The summed E-state index contributed by atoms with van der Waals surface area (Å²) in [6.45, 7) is 1.64. The summed E-state index contributed by atoms with van der Waals surface area (Å²) in [5.41, 5.74) is 1.55. The molecule has 0 fully saturated rings. The highest BCUT2D eigenvalue weighted by molar-refractivity contribution is 6.32. The molecule has 0 radical (unpaired) electrons. The van der Waals surface area contributed by atoms with Gasteiger partial charge in [-0.05, 0) is 48.9 Å². The van der Waals surface area contributed by atoms with Crippen molar-refractivity contribution in [1.82, 2.24) is 25.3 Å². The molecule has 5 aromatic rings. The molecule has 210 valence electrons. The van der Waals surface area contributed by atoms with E-state index in [2.05, 4.69) is 20.6 Å². The molecule has 0 bridgehead atoms. The minimum atomic E-state index is -4.48. The summed E-state index contributed by atoms with van der Waals surface area (Å²) in [6.07, 6.45) is -4.58. The van der Waals surface area contributed by atoms with Gasteiger partial charge in [0.1, 0.15) is 0 Å². The molecule has 0 aliphatic carbocycles. The molecule has 2 heterocycles. The van der Waals surface area contributed by atoms with Crippen molar-refractivity contribution in [3.8, 4) is 16.9 Å². The lowest BCUT2D eigenvalue weighted by atomic mass is 10.0. The molecule has 8 nitrogen and oxygen atoms in total. The molecule has 0 spiro atoms. The Morgan fingerprint density at radius 3 is 2.34 bits per heavy atom. The number of para-hydroxylation sites is 1. The third kappa shape index (κ3) is 6.06. The van der Waals surface area contributed by atoms with E-state index in [1.54, 1.807) is 55.5 Å². The number of carbonyl (C=O) groups excluding carboxylic acids is 1. The monoisotopic (exact) mass is 601 g/mol. The number of amides is 1. The molecule has 5 rings (SSSR count). The van der Waals surface area contributed by atoms with Crippen molar-refractivity contribution >= 4 is 29.1 Å². The highest BCUT2D eigenvalue weighted by Crippen LogP contribution is 2.34. The van der Waals surface area contributed by atoms with Gasteiger partial charge in [-0.15, -0.1) is 5.10 Å². The topological polar surface area (TPSA) is 106 Å². The van der Waals surface area contributed by atoms with Gasteiger partial charge >= 0.3 is 11.9 Å². The lowest BCUT2D eigenvalue weighted by Gasteiger charge is -2.15. The minimum Gasteiger partial charge on any atom is -0.392 e. The van der Waals surface area contributed by atoms with Gasteiger partial charge in [0.25, 0.3) is 5.91 Å². The van der Waals surface area contributed by atoms with E-state index >= 15 is 0 Å². The number of aromatic amines is 1. The zero-order chi connectivity index (χ0) is 29.3. The fraction of sp³-hybridized carbons (Fsp3) is 0.143. The summed E-state index contributed by atoms with van der Waals surface area (Å²) in [5.74, 6) is -1.38. The van der Waals surface area contributed by atoms with Gasteiger partial charge in [0.15, 0.2) is 5.69 Å². The van der Waals surface area contributed by atoms with E-state index < -0.39 is 29.4 Å². The van der Waals surface area contributed by atoms with E-state index in [0.29, 0.717) is 38.1 Å². The van der Waals surface area contributed by atoms with E-state index in [-0.39, 0.29) is 18.0 Å². The van der Waals surface area contributed by atoms with Crippen LogP contribution in [0.4, 0.5) is 13.2 Å². The van der Waals surface area contributed by atoms with Crippen LogP contribution in [0, 0.1) is 0 Å². The van der Waals surface area contributed by atoms with Crippen LogP contribution in [0.3, 0.4) is 0 Å². The Kier molecular flexibility index (Phi) is 7.74. The number of nitrogens with zero attached hydrogens (tertiary/aromatic N) is 3. The molecule has 0 saturated heterocycles. The summed E-state index contributed by atoms with van der Waals surface area (Å²) >= 11 is 12.6. The molecule has 0 aliphatic heterocycles. The zero-order valence-electron chi connectivity index (χ0n) is 21.2. The quantitative estimate of drug-likeness (QED) is 0.218. The summed E-state index contributed by atoms with van der Waals surface area (Å²) in [4.78, 5) is 25.4. The summed E-state index contributed by atoms with van der Waals surface area (Å²) in [6, 6.07) is 17.5. The average Bonchev–Trinajstić information content (AvgIpc) is 3.52. The van der Waals surface area contributed by atoms with Crippen LogP contribution in [-0.4, -0.2) is 25.9 Å². The Morgan fingerprint density at radius 1 is 1.05 bits per heavy atom. The second kappa shape index (κ2) is 11.3. The summed E-state index contributed by atoms with van der Waals surface area (Å²) < 4.78 is 45.7. The van der Waals surface area contributed by atoms with Gasteiger partial charge in [-0.25, -0.2) is 14.6 Å². The molecule has 2 N–H and O–H groups in total. The number of halogens is 5. The Labute approximate surface area is 240 Å². The fourth-order valence-corrected chi connectivity index (χ4v) is 4.64. The Hall–Kier alpha value is -4.35. The summed E-state index contributed by atoms with van der Waals surface area (Å²) in [7, 11) is 0. The molecule has 0 aliphatic rings. The van der Waals surface area contributed by atoms with Crippen LogP contribution < -0.4 is 11.1 Å². The molecule has 0 unspecified atom stereocenters. The van der Waals surface area contributed by atoms with Crippen LogP contribution in [0.15, 0.2) is 82.0 Å². The molecule has 1 amide bonds. The van der Waals surface area contributed by atoms with Crippen molar-refractivity contribution in [2.24, 2.45) is 0 Å². The van der Waals surface area contributed by atoms with Crippen molar-refractivity contribution in [1.29, 1.82) is 0 Å². The maximum absolute atomic E-state index is 13.7. The predicted octanol–water partition coefficient (Wildman–Crippen LogP) is 6.62. The average molecular weight is 602 g/mol. The van der Waals surface area contributed by atoms with Crippen molar-refractivity contribution in [3.05, 3.63) is 122 Å². The number of nitrogens with one attached hydrogen (secondary N) is 2. The normalized spacial score (nSPS) is 12.3. The first-order chi connectivity index (χ1) is 19.5. The van der Waals surface area contributed by atoms with Crippen molar-refractivity contribution < 1.29 is 22.4 Å². The third-order valence-corrected chi connectivity index (χ3v) is 6.86. The molecule has 41 heavy (non-hydrogen) atoms. The van der Waals surface area contributed by atoms with E-state index in [0.717, 1.165) is 12.1 Å². The maximum Gasteiger partial charge on any atom is 0.434 e. The number of benzene rings is 3. The van der Waals surface area contributed by atoms with Crippen LogP contribution in [-0.2, 0) is 12.6 Å². The molecule has 2 aromatic heterocycles. The minimum absolute atomic E-state index is 0.00811. The van der Waals surface area contributed by atoms with Gasteiger partial charge < -0.3 is 9.73 Å². The smallest absolute Gasteiger partial charge is 0.392 e. The van der Waals surface area contributed by atoms with Gasteiger partial charge in [0.05, 0.1) is 34.4 Å². The maximum atomic E-state index is 13.7. The number of hydrogen-bond acceptors (Lipinski definition) is 5. The number of alkyl halides is 3. The lowest BCUT2D eigenvalue weighted by molar-refractivity contribution is -0.137. The summed E-state index contributed by atoms with van der Waals surface area (Å²) in [5, 5.41) is 14.3.